The van der Waals surface area contributed by atoms with Crippen LogP contribution in [0, 0.1) is 6.92 Å². The van der Waals surface area contributed by atoms with Gasteiger partial charge in [0.05, 0.1) is 11.5 Å². The van der Waals surface area contributed by atoms with Gasteiger partial charge in [-0.2, -0.15) is 13.2 Å². The van der Waals surface area contributed by atoms with E-state index in [1.54, 1.807) is 0 Å². The van der Waals surface area contributed by atoms with Crippen molar-refractivity contribution in [1.29, 1.82) is 0 Å². The maximum absolute atomic E-state index is 12.4. The lowest BCUT2D eigenvalue weighted by Gasteiger charge is -2.15. The molecule has 1 atom stereocenters. The molecule has 0 amide bonds. The molecule has 0 saturated carbocycles. The van der Waals surface area contributed by atoms with Gasteiger partial charge in [-0.3, -0.25) is 4.79 Å². The fourth-order valence-electron chi connectivity index (χ4n) is 1.60. The number of halogens is 3. The minimum absolute atomic E-state index is 0.151. The van der Waals surface area contributed by atoms with Gasteiger partial charge in [0, 0.05) is 6.54 Å². The van der Waals surface area contributed by atoms with E-state index in [1.165, 1.54) is 13.0 Å². The summed E-state index contributed by atoms with van der Waals surface area (Å²) in [4.78, 5) is 10.9. The number of hydrogen-bond acceptors (Lipinski definition) is 2. The van der Waals surface area contributed by atoms with Crippen molar-refractivity contribution < 1.29 is 23.1 Å². The highest BCUT2D eigenvalue weighted by Gasteiger charge is 2.31. The molecule has 0 aliphatic heterocycles. The van der Waals surface area contributed by atoms with Gasteiger partial charge >= 0.3 is 12.1 Å². The number of aliphatic carboxylic acids is 1. The monoisotopic (exact) mass is 247 g/mol. The number of carboxylic acid groups (broad SMARTS) is 1. The number of alkyl halides is 3. The predicted octanol–water partition coefficient (Wildman–Crippen LogP) is 2.14. The maximum Gasteiger partial charge on any atom is 0.416 e. The van der Waals surface area contributed by atoms with E-state index in [4.69, 9.17) is 10.8 Å². The zero-order valence-corrected chi connectivity index (χ0v) is 9.08. The zero-order chi connectivity index (χ0) is 13.2. The number of carbonyl (C=O) groups is 1. The number of carboxylic acids is 1. The highest BCUT2D eigenvalue weighted by molar-refractivity contribution is 5.77. The summed E-state index contributed by atoms with van der Waals surface area (Å²) < 4.78 is 37.2. The lowest BCUT2D eigenvalue weighted by Crippen LogP contribution is -2.22. The number of aryl methyl sites for hydroxylation is 1. The van der Waals surface area contributed by atoms with Gasteiger partial charge in [-0.1, -0.05) is 6.07 Å². The van der Waals surface area contributed by atoms with Crippen molar-refractivity contribution in [3.8, 4) is 0 Å². The van der Waals surface area contributed by atoms with Crippen LogP contribution in [0.5, 0.6) is 0 Å². The summed E-state index contributed by atoms with van der Waals surface area (Å²) in [5.41, 5.74) is 5.09. The van der Waals surface area contributed by atoms with E-state index >= 15 is 0 Å². The highest BCUT2D eigenvalue weighted by Crippen LogP contribution is 2.31. The summed E-state index contributed by atoms with van der Waals surface area (Å²) in [5.74, 6) is -2.12. The van der Waals surface area contributed by atoms with Crippen LogP contribution in [0.15, 0.2) is 18.2 Å². The van der Waals surface area contributed by atoms with Crippen LogP contribution in [-0.4, -0.2) is 17.6 Å². The van der Waals surface area contributed by atoms with Crippen LogP contribution in [0.3, 0.4) is 0 Å². The first-order valence-corrected chi connectivity index (χ1v) is 4.88. The molecule has 0 radical (unpaired) electrons. The SMILES string of the molecule is Cc1cc(C(F)(F)F)ccc1C(CN)C(=O)O. The van der Waals surface area contributed by atoms with Crippen LogP contribution in [0.4, 0.5) is 13.2 Å². The molecule has 0 aliphatic rings. The van der Waals surface area contributed by atoms with Gasteiger partial charge in [0.1, 0.15) is 0 Å². The van der Waals surface area contributed by atoms with E-state index < -0.39 is 23.6 Å². The zero-order valence-electron chi connectivity index (χ0n) is 9.08. The van der Waals surface area contributed by atoms with E-state index in [9.17, 15) is 18.0 Å². The number of hydrogen-bond donors (Lipinski definition) is 2. The molecule has 1 aromatic rings. The fraction of sp³-hybridized carbons (Fsp3) is 0.364. The molecule has 3 nitrogen and oxygen atoms in total. The van der Waals surface area contributed by atoms with E-state index in [0.29, 0.717) is 5.56 Å². The molecule has 1 aromatic carbocycles. The Morgan fingerprint density at radius 1 is 1.47 bits per heavy atom. The van der Waals surface area contributed by atoms with Gasteiger partial charge in [-0.25, -0.2) is 0 Å². The molecule has 0 bridgehead atoms. The average Bonchev–Trinajstić information content (AvgIpc) is 2.19. The minimum atomic E-state index is -4.43. The van der Waals surface area contributed by atoms with Crippen LogP contribution >= 0.6 is 0 Å². The highest BCUT2D eigenvalue weighted by atomic mass is 19.4. The summed E-state index contributed by atoms with van der Waals surface area (Å²) >= 11 is 0. The minimum Gasteiger partial charge on any atom is -0.481 e. The predicted molar refractivity (Wildman–Crippen MR) is 55.6 cm³/mol. The lowest BCUT2D eigenvalue weighted by atomic mass is 9.93. The summed E-state index contributed by atoms with van der Waals surface area (Å²) in [6.07, 6.45) is -4.43. The van der Waals surface area contributed by atoms with Crippen molar-refractivity contribution in [2.24, 2.45) is 5.73 Å². The molecule has 0 saturated heterocycles. The smallest absolute Gasteiger partial charge is 0.416 e. The first-order chi connectivity index (χ1) is 7.77. The van der Waals surface area contributed by atoms with E-state index in [2.05, 4.69) is 0 Å². The molecule has 0 spiro atoms. The molecule has 0 heterocycles. The third-order valence-electron chi connectivity index (χ3n) is 2.51. The van der Waals surface area contributed by atoms with Crippen molar-refractivity contribution in [2.75, 3.05) is 6.54 Å². The third-order valence-corrected chi connectivity index (χ3v) is 2.51. The average molecular weight is 247 g/mol. The molecular weight excluding hydrogens is 235 g/mol. The quantitative estimate of drug-likeness (QED) is 0.860. The van der Waals surface area contributed by atoms with Crippen molar-refractivity contribution in [3.63, 3.8) is 0 Å². The van der Waals surface area contributed by atoms with Gasteiger partial charge in [-0.15, -0.1) is 0 Å². The Morgan fingerprint density at radius 2 is 2.06 bits per heavy atom. The normalized spacial score (nSPS) is 13.5. The fourth-order valence-corrected chi connectivity index (χ4v) is 1.60. The molecule has 0 fully saturated rings. The van der Waals surface area contributed by atoms with Gasteiger partial charge in [0.15, 0.2) is 0 Å². The summed E-state index contributed by atoms with van der Waals surface area (Å²) in [6, 6.07) is 2.97. The van der Waals surface area contributed by atoms with E-state index in [-0.39, 0.29) is 12.1 Å². The van der Waals surface area contributed by atoms with Crippen molar-refractivity contribution in [3.05, 3.63) is 34.9 Å². The van der Waals surface area contributed by atoms with Gasteiger partial charge < -0.3 is 10.8 Å². The van der Waals surface area contributed by atoms with Crippen LogP contribution in [0.2, 0.25) is 0 Å². The summed E-state index contributed by atoms with van der Waals surface area (Å²) in [7, 11) is 0. The first-order valence-electron chi connectivity index (χ1n) is 4.88. The molecule has 0 aromatic heterocycles. The van der Waals surface area contributed by atoms with Crippen molar-refractivity contribution >= 4 is 5.97 Å². The van der Waals surface area contributed by atoms with E-state index in [0.717, 1.165) is 12.1 Å². The van der Waals surface area contributed by atoms with Gasteiger partial charge in [-0.05, 0) is 30.2 Å². The van der Waals surface area contributed by atoms with Crippen LogP contribution < -0.4 is 5.73 Å². The number of rotatable bonds is 3. The Morgan fingerprint density at radius 3 is 2.41 bits per heavy atom. The molecule has 17 heavy (non-hydrogen) atoms. The third kappa shape index (κ3) is 2.97. The molecule has 1 rings (SSSR count). The maximum atomic E-state index is 12.4. The van der Waals surface area contributed by atoms with Crippen LogP contribution in [0.1, 0.15) is 22.6 Å². The molecular formula is C11H12F3NO2. The molecule has 94 valence electrons. The second-order valence-electron chi connectivity index (χ2n) is 3.70. The largest absolute Gasteiger partial charge is 0.481 e. The molecule has 1 unspecified atom stereocenters. The lowest BCUT2D eigenvalue weighted by molar-refractivity contribution is -0.138. The second kappa shape index (κ2) is 4.75. The summed E-state index contributed by atoms with van der Waals surface area (Å²) in [6.45, 7) is 1.29. The number of benzene rings is 1. The second-order valence-corrected chi connectivity index (χ2v) is 3.70. The topological polar surface area (TPSA) is 63.3 Å². The van der Waals surface area contributed by atoms with Gasteiger partial charge in [0.2, 0.25) is 0 Å². The number of nitrogens with two attached hydrogens (primary N) is 1. The first kappa shape index (κ1) is 13.5. The van der Waals surface area contributed by atoms with Crippen molar-refractivity contribution in [2.45, 2.75) is 19.0 Å². The van der Waals surface area contributed by atoms with Crippen LogP contribution in [0.25, 0.3) is 0 Å². The molecule has 3 N–H and O–H groups in total. The van der Waals surface area contributed by atoms with Gasteiger partial charge in [0.25, 0.3) is 0 Å². The Bertz CT molecular complexity index is 429. The molecule has 6 heteroatoms. The Balaban J connectivity index is 3.18. The van der Waals surface area contributed by atoms with E-state index in [1.807, 2.05) is 0 Å². The van der Waals surface area contributed by atoms with Crippen LogP contribution in [-0.2, 0) is 11.0 Å². The summed E-state index contributed by atoms with van der Waals surface area (Å²) in [5, 5.41) is 8.88. The Hall–Kier alpha value is -1.56. The van der Waals surface area contributed by atoms with Crippen molar-refractivity contribution in [1.82, 2.24) is 0 Å². The Labute approximate surface area is 96.0 Å². The Kier molecular flexibility index (Phi) is 3.77. The molecule has 0 aliphatic carbocycles. The standard InChI is InChI=1S/C11H12F3NO2/c1-6-4-7(11(12,13)14)2-3-8(6)9(5-15)10(16)17/h2-4,9H,5,15H2,1H3,(H,16,17).